The van der Waals surface area contributed by atoms with Crippen LogP contribution in [0.4, 0.5) is 0 Å². The van der Waals surface area contributed by atoms with Crippen molar-refractivity contribution in [3.63, 3.8) is 0 Å². The second-order valence-corrected chi connectivity index (χ2v) is 6.44. The summed E-state index contributed by atoms with van der Waals surface area (Å²) < 4.78 is 0. The third-order valence-electron chi connectivity index (χ3n) is 4.85. The minimum atomic E-state index is -0.847. The van der Waals surface area contributed by atoms with Crippen LogP contribution in [0.3, 0.4) is 0 Å². The number of hydrogen-bond donors (Lipinski definition) is 1. The van der Waals surface area contributed by atoms with Crippen LogP contribution in [0.2, 0.25) is 0 Å². The number of carboxylic acids is 1. The highest BCUT2D eigenvalue weighted by atomic mass is 16.4. The van der Waals surface area contributed by atoms with Gasteiger partial charge in [0, 0.05) is 24.6 Å². The van der Waals surface area contributed by atoms with E-state index in [0.29, 0.717) is 12.1 Å². The lowest BCUT2D eigenvalue weighted by atomic mass is 9.89. The van der Waals surface area contributed by atoms with E-state index >= 15 is 0 Å². The molecule has 1 aliphatic rings. The van der Waals surface area contributed by atoms with Crippen LogP contribution in [0.5, 0.6) is 0 Å². The van der Waals surface area contributed by atoms with Crippen molar-refractivity contribution in [2.24, 2.45) is 5.92 Å². The van der Waals surface area contributed by atoms with Crippen LogP contribution in [0.1, 0.15) is 33.0 Å². The molecule has 2 aromatic rings. The summed E-state index contributed by atoms with van der Waals surface area (Å²) in [6.45, 7) is 4.52. The summed E-state index contributed by atoms with van der Waals surface area (Å²) in [5.74, 6) is -1.66. The number of rotatable bonds is 3. The van der Waals surface area contributed by atoms with E-state index in [1.165, 1.54) is 0 Å². The Balaban J connectivity index is 1.91. The summed E-state index contributed by atoms with van der Waals surface area (Å²) in [6, 6.07) is 15.4. The van der Waals surface area contributed by atoms with Gasteiger partial charge in [-0.1, -0.05) is 48.5 Å². The van der Waals surface area contributed by atoms with Gasteiger partial charge in [0.2, 0.25) is 0 Å². The first-order valence-corrected chi connectivity index (χ1v) is 8.12. The minimum Gasteiger partial charge on any atom is -0.481 e. The Morgan fingerprint density at radius 1 is 0.958 bits per heavy atom. The highest BCUT2D eigenvalue weighted by Crippen LogP contribution is 2.34. The molecule has 0 spiro atoms. The molecular formula is C20H21NO3. The maximum Gasteiger partial charge on any atom is 0.308 e. The van der Waals surface area contributed by atoms with Crippen LogP contribution in [-0.4, -0.2) is 35.0 Å². The number of hydrogen-bond acceptors (Lipinski definition) is 2. The Hall–Kier alpha value is -2.62. The van der Waals surface area contributed by atoms with Crippen LogP contribution < -0.4 is 0 Å². The Labute approximate surface area is 141 Å². The molecule has 4 heteroatoms. The molecule has 1 N–H and O–H groups in total. The van der Waals surface area contributed by atoms with E-state index in [9.17, 15) is 14.7 Å². The van der Waals surface area contributed by atoms with Gasteiger partial charge in [0.05, 0.1) is 5.92 Å². The molecule has 1 fully saturated rings. The summed E-state index contributed by atoms with van der Waals surface area (Å²) in [5.41, 5.74) is 3.52. The lowest BCUT2D eigenvalue weighted by Crippen LogP contribution is -2.31. The van der Waals surface area contributed by atoms with Crippen molar-refractivity contribution in [3.05, 3.63) is 70.8 Å². The summed E-state index contributed by atoms with van der Waals surface area (Å²) in [5, 5.41) is 9.59. The van der Waals surface area contributed by atoms with Crippen LogP contribution in [0, 0.1) is 19.8 Å². The van der Waals surface area contributed by atoms with Crippen LogP contribution in [-0.2, 0) is 4.79 Å². The third-order valence-corrected chi connectivity index (χ3v) is 4.85. The monoisotopic (exact) mass is 323 g/mol. The first kappa shape index (κ1) is 16.2. The SMILES string of the molecule is Cc1cccc(C)c1C(=O)N1CC(C(=O)O)C(c2ccccc2)C1. The Morgan fingerprint density at radius 3 is 2.17 bits per heavy atom. The van der Waals surface area contributed by atoms with Gasteiger partial charge in [0.1, 0.15) is 0 Å². The van der Waals surface area contributed by atoms with Crippen molar-refractivity contribution in [1.29, 1.82) is 0 Å². The zero-order valence-corrected chi connectivity index (χ0v) is 13.9. The Kier molecular flexibility index (Phi) is 4.38. The lowest BCUT2D eigenvalue weighted by molar-refractivity contribution is -0.141. The molecule has 2 unspecified atom stereocenters. The van der Waals surface area contributed by atoms with E-state index in [0.717, 1.165) is 16.7 Å². The summed E-state index contributed by atoms with van der Waals surface area (Å²) in [6.07, 6.45) is 0. The van der Waals surface area contributed by atoms with Gasteiger partial charge in [-0.25, -0.2) is 0 Å². The molecule has 0 saturated carbocycles. The molecule has 24 heavy (non-hydrogen) atoms. The van der Waals surface area contributed by atoms with Gasteiger partial charge in [-0.2, -0.15) is 0 Å². The molecule has 2 atom stereocenters. The molecule has 0 aliphatic carbocycles. The van der Waals surface area contributed by atoms with E-state index in [1.54, 1.807) is 4.90 Å². The van der Waals surface area contributed by atoms with Gasteiger partial charge in [0.25, 0.3) is 5.91 Å². The number of aryl methyl sites for hydroxylation is 2. The molecule has 2 aromatic carbocycles. The van der Waals surface area contributed by atoms with Gasteiger partial charge in [-0.15, -0.1) is 0 Å². The van der Waals surface area contributed by atoms with E-state index < -0.39 is 11.9 Å². The number of nitrogens with zero attached hydrogens (tertiary/aromatic N) is 1. The maximum absolute atomic E-state index is 13.0. The maximum atomic E-state index is 13.0. The van der Waals surface area contributed by atoms with E-state index in [2.05, 4.69) is 0 Å². The number of aliphatic carboxylic acids is 1. The normalized spacial score (nSPS) is 20.2. The fourth-order valence-corrected chi connectivity index (χ4v) is 3.57. The molecule has 0 aromatic heterocycles. The van der Waals surface area contributed by atoms with Gasteiger partial charge >= 0.3 is 5.97 Å². The van der Waals surface area contributed by atoms with Crippen molar-refractivity contribution < 1.29 is 14.7 Å². The smallest absolute Gasteiger partial charge is 0.308 e. The number of benzene rings is 2. The predicted octanol–water partition coefficient (Wildman–Crippen LogP) is 3.24. The topological polar surface area (TPSA) is 57.6 Å². The molecule has 3 rings (SSSR count). The predicted molar refractivity (Wildman–Crippen MR) is 92.1 cm³/mol. The summed E-state index contributed by atoms with van der Waals surface area (Å²) >= 11 is 0. The molecular weight excluding hydrogens is 302 g/mol. The first-order chi connectivity index (χ1) is 11.5. The van der Waals surface area contributed by atoms with E-state index in [4.69, 9.17) is 0 Å². The number of carbonyl (C=O) groups excluding carboxylic acids is 1. The molecule has 4 nitrogen and oxygen atoms in total. The summed E-state index contributed by atoms with van der Waals surface area (Å²) in [4.78, 5) is 26.3. The van der Waals surface area contributed by atoms with Gasteiger partial charge in [0.15, 0.2) is 0 Å². The molecule has 1 aliphatic heterocycles. The number of carboxylic acid groups (broad SMARTS) is 1. The fourth-order valence-electron chi connectivity index (χ4n) is 3.57. The number of carbonyl (C=O) groups is 2. The van der Waals surface area contributed by atoms with Crippen molar-refractivity contribution in [2.45, 2.75) is 19.8 Å². The zero-order valence-electron chi connectivity index (χ0n) is 13.9. The van der Waals surface area contributed by atoms with Crippen molar-refractivity contribution in [3.8, 4) is 0 Å². The first-order valence-electron chi connectivity index (χ1n) is 8.12. The third kappa shape index (κ3) is 2.92. The number of amides is 1. The van der Waals surface area contributed by atoms with Gasteiger partial charge in [-0.3, -0.25) is 9.59 Å². The standard InChI is InChI=1S/C20H21NO3/c1-13-7-6-8-14(2)18(13)19(22)21-11-16(17(12-21)20(23)24)15-9-4-3-5-10-15/h3-10,16-17H,11-12H2,1-2H3,(H,23,24). The summed E-state index contributed by atoms with van der Waals surface area (Å²) in [7, 11) is 0. The van der Waals surface area contributed by atoms with Crippen molar-refractivity contribution in [2.75, 3.05) is 13.1 Å². The average Bonchev–Trinajstić information content (AvgIpc) is 3.01. The van der Waals surface area contributed by atoms with Crippen molar-refractivity contribution >= 4 is 11.9 Å². The Bertz CT molecular complexity index is 749. The lowest BCUT2D eigenvalue weighted by Gasteiger charge is -2.19. The van der Waals surface area contributed by atoms with Crippen molar-refractivity contribution in [1.82, 2.24) is 4.90 Å². The second-order valence-electron chi connectivity index (χ2n) is 6.44. The average molecular weight is 323 g/mol. The second kappa shape index (κ2) is 6.48. The molecule has 1 saturated heterocycles. The fraction of sp³-hybridized carbons (Fsp3) is 0.300. The highest BCUT2D eigenvalue weighted by Gasteiger charge is 2.40. The minimum absolute atomic E-state index is 0.0738. The zero-order chi connectivity index (χ0) is 17.3. The molecule has 0 radical (unpaired) electrons. The highest BCUT2D eigenvalue weighted by molar-refractivity contribution is 5.97. The van der Waals surface area contributed by atoms with E-state index in [1.807, 2.05) is 62.4 Å². The molecule has 0 bridgehead atoms. The molecule has 1 heterocycles. The van der Waals surface area contributed by atoms with Gasteiger partial charge < -0.3 is 10.0 Å². The van der Waals surface area contributed by atoms with E-state index in [-0.39, 0.29) is 18.4 Å². The molecule has 124 valence electrons. The van der Waals surface area contributed by atoms with Crippen LogP contribution in [0.25, 0.3) is 0 Å². The Morgan fingerprint density at radius 2 is 1.58 bits per heavy atom. The van der Waals surface area contributed by atoms with Crippen LogP contribution in [0.15, 0.2) is 48.5 Å². The van der Waals surface area contributed by atoms with Crippen LogP contribution >= 0.6 is 0 Å². The molecule has 1 amide bonds. The largest absolute Gasteiger partial charge is 0.481 e. The van der Waals surface area contributed by atoms with Gasteiger partial charge in [-0.05, 0) is 30.5 Å². The quantitative estimate of drug-likeness (QED) is 0.943. The number of likely N-dealkylation sites (tertiary alicyclic amines) is 1.